The third kappa shape index (κ3) is 2.92. The lowest BCUT2D eigenvalue weighted by molar-refractivity contribution is 0.252. The van der Waals surface area contributed by atoms with Crippen LogP contribution in [-0.2, 0) is 6.42 Å². The summed E-state index contributed by atoms with van der Waals surface area (Å²) in [5.74, 6) is 1.09. The molecule has 0 fully saturated rings. The first-order chi connectivity index (χ1) is 8.47. The largest absolute Gasteiger partial charge is 0.338 e. The Morgan fingerprint density at radius 2 is 2.11 bits per heavy atom. The van der Waals surface area contributed by atoms with Gasteiger partial charge in [0.05, 0.1) is 12.5 Å². The van der Waals surface area contributed by atoms with Gasteiger partial charge in [0.2, 0.25) is 5.89 Å². The quantitative estimate of drug-likeness (QED) is 0.897. The summed E-state index contributed by atoms with van der Waals surface area (Å²) in [6.07, 6.45) is 2.30. The highest BCUT2D eigenvalue weighted by Crippen LogP contribution is 2.29. The molecule has 2 N–H and O–H groups in total. The lowest BCUT2D eigenvalue weighted by atomic mass is 9.87. The summed E-state index contributed by atoms with van der Waals surface area (Å²) in [4.78, 5) is 8.55. The second kappa shape index (κ2) is 4.86. The first kappa shape index (κ1) is 12.7. The Bertz CT molecular complexity index is 501. The van der Waals surface area contributed by atoms with E-state index in [1.54, 1.807) is 6.20 Å². The van der Waals surface area contributed by atoms with Crippen LogP contribution in [0, 0.1) is 5.41 Å². The average molecular weight is 246 g/mol. The molecule has 0 saturated heterocycles. The maximum atomic E-state index is 6.07. The molecule has 1 atom stereocenters. The van der Waals surface area contributed by atoms with Crippen LogP contribution in [0.4, 0.5) is 0 Å². The summed E-state index contributed by atoms with van der Waals surface area (Å²) in [6, 6.07) is 5.48. The van der Waals surface area contributed by atoms with Gasteiger partial charge in [-0.25, -0.2) is 0 Å². The Morgan fingerprint density at radius 1 is 1.33 bits per heavy atom. The smallest absolute Gasteiger partial charge is 0.244 e. The predicted octanol–water partition coefficient (Wildman–Crippen LogP) is 2.10. The van der Waals surface area contributed by atoms with Gasteiger partial charge in [-0.3, -0.25) is 4.98 Å². The van der Waals surface area contributed by atoms with E-state index in [1.165, 1.54) is 0 Å². The highest BCUT2D eigenvalue weighted by molar-refractivity contribution is 5.09. The van der Waals surface area contributed by atoms with Crippen LogP contribution in [0.25, 0.3) is 0 Å². The van der Waals surface area contributed by atoms with Gasteiger partial charge in [0.1, 0.15) is 0 Å². The van der Waals surface area contributed by atoms with E-state index < -0.39 is 0 Å². The third-order valence-corrected chi connectivity index (χ3v) is 2.75. The fraction of sp³-hybridized carbons (Fsp3) is 0.462. The Kier molecular flexibility index (Phi) is 3.43. The molecule has 2 aromatic rings. The van der Waals surface area contributed by atoms with E-state index in [9.17, 15) is 0 Å². The number of rotatable bonds is 3. The minimum absolute atomic E-state index is 0.102. The molecule has 0 saturated carbocycles. The summed E-state index contributed by atoms with van der Waals surface area (Å²) in [5.41, 5.74) is 6.88. The van der Waals surface area contributed by atoms with Crippen LogP contribution >= 0.6 is 0 Å². The molecule has 0 aliphatic rings. The molecule has 0 aliphatic heterocycles. The molecule has 2 heterocycles. The lowest BCUT2D eigenvalue weighted by Crippen LogP contribution is -2.26. The predicted molar refractivity (Wildman–Crippen MR) is 67.7 cm³/mol. The van der Waals surface area contributed by atoms with Crippen molar-refractivity contribution in [3.63, 3.8) is 0 Å². The molecular formula is C13H18N4O. The van der Waals surface area contributed by atoms with Crippen LogP contribution in [0.5, 0.6) is 0 Å². The van der Waals surface area contributed by atoms with Gasteiger partial charge in [-0.05, 0) is 17.5 Å². The van der Waals surface area contributed by atoms with Crippen molar-refractivity contribution in [1.29, 1.82) is 0 Å². The Labute approximate surface area is 106 Å². The number of hydrogen-bond donors (Lipinski definition) is 1. The molecule has 2 aromatic heterocycles. The second-order valence-electron chi connectivity index (χ2n) is 5.39. The summed E-state index contributed by atoms with van der Waals surface area (Å²) in [5, 5.41) is 3.94. The molecule has 0 spiro atoms. The molecule has 96 valence electrons. The molecule has 18 heavy (non-hydrogen) atoms. The van der Waals surface area contributed by atoms with E-state index in [0.717, 1.165) is 5.69 Å². The fourth-order valence-corrected chi connectivity index (χ4v) is 1.50. The number of nitrogens with zero attached hydrogens (tertiary/aromatic N) is 3. The number of nitrogens with two attached hydrogens (primary N) is 1. The maximum Gasteiger partial charge on any atom is 0.244 e. The van der Waals surface area contributed by atoms with Crippen molar-refractivity contribution in [2.45, 2.75) is 33.2 Å². The first-order valence-electron chi connectivity index (χ1n) is 5.95. The van der Waals surface area contributed by atoms with Gasteiger partial charge < -0.3 is 10.3 Å². The lowest BCUT2D eigenvalue weighted by Gasteiger charge is -2.23. The van der Waals surface area contributed by atoms with Crippen molar-refractivity contribution in [3.8, 4) is 0 Å². The molecule has 0 aliphatic carbocycles. The Morgan fingerprint density at radius 3 is 2.72 bits per heavy atom. The summed E-state index contributed by atoms with van der Waals surface area (Å²) in [6.45, 7) is 6.13. The Hall–Kier alpha value is -1.75. The topological polar surface area (TPSA) is 77.8 Å². The molecule has 0 bridgehead atoms. The fourth-order valence-electron chi connectivity index (χ4n) is 1.50. The average Bonchev–Trinajstić information content (AvgIpc) is 2.76. The second-order valence-corrected chi connectivity index (χ2v) is 5.39. The van der Waals surface area contributed by atoms with Crippen LogP contribution < -0.4 is 5.73 Å². The van der Waals surface area contributed by atoms with Crippen molar-refractivity contribution >= 4 is 0 Å². The zero-order valence-corrected chi connectivity index (χ0v) is 10.9. The van der Waals surface area contributed by atoms with Crippen molar-refractivity contribution in [3.05, 3.63) is 41.8 Å². The molecule has 0 aromatic carbocycles. The zero-order chi connectivity index (χ0) is 13.2. The van der Waals surface area contributed by atoms with Crippen LogP contribution in [-0.4, -0.2) is 15.1 Å². The Balaban J connectivity index is 2.12. The molecule has 0 amide bonds. The van der Waals surface area contributed by atoms with Gasteiger partial charge >= 0.3 is 0 Å². The number of aromatic nitrogens is 3. The molecular weight excluding hydrogens is 228 g/mol. The molecule has 2 rings (SSSR count). The first-order valence-corrected chi connectivity index (χ1v) is 5.95. The number of pyridine rings is 1. The van der Waals surface area contributed by atoms with Gasteiger partial charge in [-0.1, -0.05) is 32.0 Å². The summed E-state index contributed by atoms with van der Waals surface area (Å²) < 4.78 is 5.21. The minimum atomic E-state index is -0.262. The van der Waals surface area contributed by atoms with Crippen LogP contribution in [0.3, 0.4) is 0 Å². The summed E-state index contributed by atoms with van der Waals surface area (Å²) >= 11 is 0. The van der Waals surface area contributed by atoms with E-state index in [1.807, 2.05) is 39.0 Å². The highest BCUT2D eigenvalue weighted by Gasteiger charge is 2.27. The molecule has 5 heteroatoms. The molecule has 1 unspecified atom stereocenters. The minimum Gasteiger partial charge on any atom is -0.338 e. The van der Waals surface area contributed by atoms with E-state index in [-0.39, 0.29) is 11.5 Å². The van der Waals surface area contributed by atoms with Gasteiger partial charge in [0.15, 0.2) is 5.82 Å². The normalized spacial score (nSPS) is 13.6. The molecule has 0 radical (unpaired) electrons. The molecule has 5 nitrogen and oxygen atoms in total. The van der Waals surface area contributed by atoms with E-state index in [4.69, 9.17) is 10.3 Å². The van der Waals surface area contributed by atoms with Crippen LogP contribution in [0.15, 0.2) is 28.9 Å². The third-order valence-electron chi connectivity index (χ3n) is 2.75. The van der Waals surface area contributed by atoms with E-state index >= 15 is 0 Å². The van der Waals surface area contributed by atoms with Gasteiger partial charge in [0.25, 0.3) is 0 Å². The summed E-state index contributed by atoms with van der Waals surface area (Å²) in [7, 11) is 0. The van der Waals surface area contributed by atoms with Crippen molar-refractivity contribution in [2.24, 2.45) is 11.1 Å². The van der Waals surface area contributed by atoms with Crippen molar-refractivity contribution in [2.75, 3.05) is 0 Å². The van der Waals surface area contributed by atoms with E-state index in [2.05, 4.69) is 15.1 Å². The standard InChI is InChI=1S/C13H18N4O/c1-13(2,3)11(14)12-16-10(17-18-12)8-9-6-4-5-7-15-9/h4-7,11H,8,14H2,1-3H3. The maximum absolute atomic E-state index is 6.07. The van der Waals surface area contributed by atoms with Crippen LogP contribution in [0.1, 0.15) is 44.2 Å². The highest BCUT2D eigenvalue weighted by atomic mass is 16.5. The SMILES string of the molecule is CC(C)(C)C(N)c1nc(Cc2ccccn2)no1. The monoisotopic (exact) mass is 246 g/mol. The van der Waals surface area contributed by atoms with Gasteiger partial charge in [0, 0.05) is 11.9 Å². The van der Waals surface area contributed by atoms with Crippen molar-refractivity contribution in [1.82, 2.24) is 15.1 Å². The van der Waals surface area contributed by atoms with E-state index in [0.29, 0.717) is 18.1 Å². The van der Waals surface area contributed by atoms with Gasteiger partial charge in [-0.15, -0.1) is 0 Å². The number of hydrogen-bond acceptors (Lipinski definition) is 5. The zero-order valence-electron chi connectivity index (χ0n) is 10.9. The van der Waals surface area contributed by atoms with Crippen LogP contribution in [0.2, 0.25) is 0 Å². The van der Waals surface area contributed by atoms with Gasteiger partial charge in [-0.2, -0.15) is 4.98 Å². The van der Waals surface area contributed by atoms with Crippen molar-refractivity contribution < 1.29 is 4.52 Å².